The Morgan fingerprint density at radius 2 is 0.836 bits per heavy atom. The number of hydrogen-bond donors (Lipinski definition) is 9. The zero-order chi connectivity index (χ0) is 45.2. The molecule has 0 aromatic heterocycles. The first-order valence-electron chi connectivity index (χ1n) is 20.2. The molecule has 9 N–H and O–H groups in total. The Hall–Kier alpha value is -2.59. The van der Waals surface area contributed by atoms with Gasteiger partial charge >= 0.3 is 30.6 Å². The Bertz CT molecular complexity index is 1870. The summed E-state index contributed by atoms with van der Waals surface area (Å²) in [6.45, 7) is 11.0. The summed E-state index contributed by atoms with van der Waals surface area (Å²) in [6, 6.07) is 37.9. The maximum atomic E-state index is 11.5. The van der Waals surface area contributed by atoms with Crippen LogP contribution in [0.25, 0.3) is 22.3 Å². The summed E-state index contributed by atoms with van der Waals surface area (Å²) in [5.74, 6) is 0. The van der Waals surface area contributed by atoms with Crippen molar-refractivity contribution in [2.45, 2.75) is 13.1 Å². The van der Waals surface area contributed by atoms with E-state index >= 15 is 0 Å². The van der Waals surface area contributed by atoms with Gasteiger partial charge in [-0.25, -0.2) is 0 Å². The molecule has 2 aliphatic heterocycles. The molecule has 0 bridgehead atoms. The van der Waals surface area contributed by atoms with Gasteiger partial charge in [0.1, 0.15) is 12.6 Å². The van der Waals surface area contributed by atoms with Crippen molar-refractivity contribution in [1.29, 1.82) is 1.43 Å². The first-order valence-corrected chi connectivity index (χ1v) is 25.3. The molecule has 16 nitrogen and oxygen atoms in total. The summed E-state index contributed by atoms with van der Waals surface area (Å²) < 4.78 is 37.6. The molecular formula is C40H61BN6O10P4+. The quantitative estimate of drug-likeness (QED) is 0.0776. The Kier molecular flexibility index (Phi) is 24.2. The van der Waals surface area contributed by atoms with Crippen molar-refractivity contribution >= 4 is 39.8 Å². The lowest BCUT2D eigenvalue weighted by atomic mass is 10.0. The second-order valence-corrected chi connectivity index (χ2v) is 18.4. The van der Waals surface area contributed by atoms with Crippen molar-refractivity contribution in [1.82, 2.24) is 30.2 Å². The van der Waals surface area contributed by atoms with E-state index in [1.807, 2.05) is 18.2 Å². The van der Waals surface area contributed by atoms with Crippen LogP contribution in [0.2, 0.25) is 0 Å². The van der Waals surface area contributed by atoms with E-state index < -0.39 is 23.4 Å². The van der Waals surface area contributed by atoms with Crippen LogP contribution in [0.15, 0.2) is 109 Å². The Labute approximate surface area is 365 Å². The van der Waals surface area contributed by atoms with E-state index in [1.165, 1.54) is 23.9 Å². The van der Waals surface area contributed by atoms with Gasteiger partial charge in [-0.15, -0.1) is 18.9 Å². The SMILES string of the molecule is O=P(O)(O)CN1CCN(Cc2ccc(-c3ccccc3)cc2)CCN(CP(=O)(O)O)CC1.O=[P+](O)O.[3H]O[B]P.c1ccc(-c2ccc(CN3CCNCCNCC3)cc2)cc1. The fraction of sp³-hybridized carbons (Fsp3) is 0.400. The molecule has 0 aliphatic carbocycles. The Morgan fingerprint density at radius 3 is 1.15 bits per heavy atom. The minimum atomic E-state index is -4.23. The van der Waals surface area contributed by atoms with Crippen LogP contribution >= 0.6 is 32.6 Å². The first-order chi connectivity index (χ1) is 29.6. The minimum absolute atomic E-state index is 0.338. The van der Waals surface area contributed by atoms with Crippen LogP contribution in [0, 0.1) is 0 Å². The summed E-state index contributed by atoms with van der Waals surface area (Å²) in [4.78, 5) is 59.8. The lowest BCUT2D eigenvalue weighted by Crippen LogP contribution is -2.36. The van der Waals surface area contributed by atoms with Crippen molar-refractivity contribution in [2.24, 2.45) is 0 Å². The van der Waals surface area contributed by atoms with Crippen LogP contribution in [0.3, 0.4) is 0 Å². The van der Waals surface area contributed by atoms with Gasteiger partial charge in [-0.1, -0.05) is 109 Å². The molecule has 2 heterocycles. The molecule has 0 saturated carbocycles. The van der Waals surface area contributed by atoms with Gasteiger partial charge in [0.05, 0.1) is 0 Å². The van der Waals surface area contributed by atoms with E-state index in [0.717, 1.165) is 62.5 Å². The predicted octanol–water partition coefficient (Wildman–Crippen LogP) is 3.41. The van der Waals surface area contributed by atoms with Crippen LogP contribution in [0.1, 0.15) is 11.1 Å². The van der Waals surface area contributed by atoms with Gasteiger partial charge in [0, 0.05) is 96.2 Å². The van der Waals surface area contributed by atoms with E-state index in [2.05, 4.69) is 126 Å². The highest BCUT2D eigenvalue weighted by atomic mass is 31.2. The predicted molar refractivity (Wildman–Crippen MR) is 247 cm³/mol. The Morgan fingerprint density at radius 1 is 0.541 bits per heavy atom. The normalized spacial score (nSPS) is 16.7. The van der Waals surface area contributed by atoms with Crippen LogP contribution in [0.4, 0.5) is 0 Å². The summed E-state index contributed by atoms with van der Waals surface area (Å²) in [5.41, 5.74) is 7.33. The lowest BCUT2D eigenvalue weighted by molar-refractivity contribution is 0.217. The zero-order valence-electron chi connectivity index (χ0n) is 35.3. The monoisotopic (exact) mass is 922 g/mol. The average molecular weight is 923 g/mol. The molecule has 4 aromatic carbocycles. The molecule has 2 saturated heterocycles. The molecule has 2 fully saturated rings. The van der Waals surface area contributed by atoms with Crippen molar-refractivity contribution in [2.75, 3.05) is 91.1 Å². The van der Waals surface area contributed by atoms with Gasteiger partial charge < -0.3 is 35.2 Å². The second-order valence-electron chi connectivity index (χ2n) is 14.4. The molecule has 21 heteroatoms. The number of nitrogens with one attached hydrogen (secondary N) is 2. The summed E-state index contributed by atoms with van der Waals surface area (Å²) in [7, 11) is -8.00. The third-order valence-electron chi connectivity index (χ3n) is 9.59. The van der Waals surface area contributed by atoms with E-state index in [4.69, 9.17) is 15.8 Å². The van der Waals surface area contributed by atoms with Gasteiger partial charge in [0.15, 0.2) is 1.43 Å². The molecule has 2 aliphatic rings. The minimum Gasteiger partial charge on any atom is -0.450 e. The molecular weight excluding hydrogens is 859 g/mol. The fourth-order valence-corrected chi connectivity index (χ4v) is 8.31. The second kappa shape index (κ2) is 29.0. The maximum Gasteiger partial charge on any atom is 0.692 e. The van der Waals surface area contributed by atoms with Gasteiger partial charge in [-0.05, 0) is 33.4 Å². The molecule has 0 spiro atoms. The molecule has 6 rings (SSSR count). The van der Waals surface area contributed by atoms with E-state index in [9.17, 15) is 28.7 Å². The van der Waals surface area contributed by atoms with Gasteiger partial charge in [-0.3, -0.25) is 28.7 Å². The number of hydrogen-bond acceptors (Lipinski definition) is 10. The lowest BCUT2D eigenvalue weighted by Gasteiger charge is -2.26. The molecule has 333 valence electrons. The van der Waals surface area contributed by atoms with Crippen LogP contribution in [-0.4, -0.2) is 154 Å². The van der Waals surface area contributed by atoms with Crippen LogP contribution in [0.5, 0.6) is 0 Å². The smallest absolute Gasteiger partial charge is 0.450 e. The molecule has 0 amide bonds. The molecule has 1 atom stereocenters. The zero-order valence-corrected chi connectivity index (χ0v) is 38.1. The molecule has 1 unspecified atom stereocenters. The van der Waals surface area contributed by atoms with E-state index in [0.29, 0.717) is 45.8 Å². The highest BCUT2D eigenvalue weighted by Gasteiger charge is 2.25. The van der Waals surface area contributed by atoms with Crippen LogP contribution in [-0.2, 0) is 26.8 Å². The third-order valence-corrected chi connectivity index (χ3v) is 11.1. The van der Waals surface area contributed by atoms with Crippen molar-refractivity contribution in [3.05, 3.63) is 120 Å². The van der Waals surface area contributed by atoms with E-state index in [-0.39, 0.29) is 12.6 Å². The summed E-state index contributed by atoms with van der Waals surface area (Å²) in [5, 5.41) is 10.6. The van der Waals surface area contributed by atoms with E-state index in [1.54, 1.807) is 9.80 Å². The van der Waals surface area contributed by atoms with Gasteiger partial charge in [-0.2, -0.15) is 0 Å². The number of rotatable bonds is 11. The first kappa shape index (κ1) is 51.1. The summed E-state index contributed by atoms with van der Waals surface area (Å²) in [6.07, 6.45) is -0.729. The fourth-order valence-electron chi connectivity index (χ4n) is 6.70. The summed E-state index contributed by atoms with van der Waals surface area (Å²) >= 11 is 0. The van der Waals surface area contributed by atoms with Gasteiger partial charge in [0.2, 0.25) is 0 Å². The standard InChI is InChI=1S/C21H31N3O6P2.C19H25N3.BH3OP.HO3P/c25-31(26,27)17-23-12-10-22(11-13-24(15-14-23)18-32(28,29)30)16-19-6-8-21(9-7-19)20-4-2-1-3-5-20;1-2-4-18(5-3-1)19-8-6-17(7-9-19)16-22-14-12-20-10-11-21-13-15-22;2-1-3;1-4(2)3/h1-9H,10-18H2,(H2,25,26,27)(H2,28,29,30);1-9,20-21H,10-16H2;2H,3H2;(H-,1,2,3)/p+1/i;;2T;. The van der Waals surface area contributed by atoms with Crippen molar-refractivity contribution in [3.63, 3.8) is 0 Å². The highest BCUT2D eigenvalue weighted by Crippen LogP contribution is 2.36. The van der Waals surface area contributed by atoms with Gasteiger partial charge in [0.25, 0.3) is 0 Å². The third kappa shape index (κ3) is 24.2. The molecule has 1 radical (unpaired) electrons. The van der Waals surface area contributed by atoms with Crippen molar-refractivity contribution < 1.29 is 48.1 Å². The van der Waals surface area contributed by atoms with Crippen molar-refractivity contribution in [3.8, 4) is 22.3 Å². The largest absolute Gasteiger partial charge is 0.692 e. The Balaban J connectivity index is 0.000000294. The maximum absolute atomic E-state index is 11.5. The average Bonchev–Trinajstić information content (AvgIpc) is 3.42. The molecule has 4 aromatic rings. The topological polar surface area (TPSA) is 230 Å². The van der Waals surface area contributed by atoms with Crippen LogP contribution < -0.4 is 10.6 Å². The number of nitrogens with zero attached hydrogens (tertiary/aromatic N) is 4. The number of benzene rings is 4. The molecule has 61 heavy (non-hydrogen) atoms. The highest BCUT2D eigenvalue weighted by molar-refractivity contribution is 7.53.